The molecule has 0 unspecified atom stereocenters. The molecule has 0 spiro atoms. The lowest BCUT2D eigenvalue weighted by atomic mass is 10.4. The summed E-state index contributed by atoms with van der Waals surface area (Å²) in [6.07, 6.45) is -19.3. The van der Waals surface area contributed by atoms with Gasteiger partial charge < -0.3 is 0 Å². The van der Waals surface area contributed by atoms with E-state index in [2.05, 4.69) is 9.47 Å². The van der Waals surface area contributed by atoms with Crippen molar-refractivity contribution in [3.8, 4) is 0 Å². The summed E-state index contributed by atoms with van der Waals surface area (Å²) in [5, 5.41) is 0. The number of halogens is 7. The largest absolute Gasteiger partial charge is 0.453 e. The zero-order chi connectivity index (χ0) is 10.5. The molecule has 0 atom stereocenters. The van der Waals surface area contributed by atoms with Gasteiger partial charge in [0.05, 0.1) is 0 Å². The Morgan fingerprint density at radius 1 is 0.846 bits per heavy atom. The van der Waals surface area contributed by atoms with Crippen molar-refractivity contribution in [1.29, 1.82) is 0 Å². The van der Waals surface area contributed by atoms with Crippen molar-refractivity contribution in [3.05, 3.63) is 6.36 Å². The van der Waals surface area contributed by atoms with E-state index in [1.165, 1.54) is 0 Å². The minimum Gasteiger partial charge on any atom is -0.263 e. The molecule has 77 valence electrons. The number of hydrogen-bond donors (Lipinski definition) is 0. The monoisotopic (exact) mass is 213 g/mol. The summed E-state index contributed by atoms with van der Waals surface area (Å²) >= 11 is 0. The predicted molar refractivity (Wildman–Crippen MR) is 21.4 cm³/mol. The molecule has 13 heavy (non-hydrogen) atoms. The van der Waals surface area contributed by atoms with E-state index in [0.29, 0.717) is 0 Å². The van der Waals surface area contributed by atoms with Gasteiger partial charge in [0.2, 0.25) is 0 Å². The molecule has 1 rings (SSSR count). The van der Waals surface area contributed by atoms with Crippen LogP contribution in [0.2, 0.25) is 0 Å². The second kappa shape index (κ2) is 2.47. The van der Waals surface area contributed by atoms with Gasteiger partial charge in [-0.05, 0) is 0 Å². The molecule has 0 aromatic carbocycles. The average Bonchev–Trinajstić information content (AvgIpc) is 1.80. The zero-order valence-corrected chi connectivity index (χ0v) is 5.46. The number of ether oxygens (including phenoxy) is 2. The molecule has 0 N–H and O–H groups in total. The van der Waals surface area contributed by atoms with Gasteiger partial charge in [0.25, 0.3) is 0 Å². The molecule has 9 heteroatoms. The van der Waals surface area contributed by atoms with Crippen LogP contribution in [0.4, 0.5) is 30.7 Å². The fourth-order valence-corrected chi connectivity index (χ4v) is 0.492. The molecule has 1 saturated heterocycles. The SMILES string of the molecule is F[C]1OC(F)(F)C(F)(F)OC1(F)F. The second-order valence-corrected chi connectivity index (χ2v) is 2.03. The summed E-state index contributed by atoms with van der Waals surface area (Å²) in [7, 11) is 0. The molecule has 1 aliphatic heterocycles. The van der Waals surface area contributed by atoms with Gasteiger partial charge in [0.1, 0.15) is 0 Å². The first kappa shape index (κ1) is 10.5. The molecule has 1 fully saturated rings. The molecule has 0 saturated carbocycles. The Hall–Kier alpha value is -0.570. The highest BCUT2D eigenvalue weighted by molar-refractivity contribution is 4.87. The van der Waals surface area contributed by atoms with Gasteiger partial charge in [-0.25, -0.2) is 4.74 Å². The number of hydrogen-bond acceptors (Lipinski definition) is 2. The van der Waals surface area contributed by atoms with Crippen molar-refractivity contribution in [2.45, 2.75) is 18.3 Å². The molecule has 0 bridgehead atoms. The summed E-state index contributed by atoms with van der Waals surface area (Å²) in [5.74, 6) is 0. The third-order valence-electron chi connectivity index (χ3n) is 1.04. The van der Waals surface area contributed by atoms with E-state index in [9.17, 15) is 30.7 Å². The van der Waals surface area contributed by atoms with Crippen LogP contribution in [0.5, 0.6) is 0 Å². The quantitative estimate of drug-likeness (QED) is 0.574. The first-order valence-corrected chi connectivity index (χ1v) is 2.64. The summed E-state index contributed by atoms with van der Waals surface area (Å²) in [5.41, 5.74) is 0. The third kappa shape index (κ3) is 1.57. The highest BCUT2D eigenvalue weighted by atomic mass is 19.3. The lowest BCUT2D eigenvalue weighted by Crippen LogP contribution is -2.56. The Labute approximate surface area is 66.2 Å². The molecule has 2 nitrogen and oxygen atoms in total. The third-order valence-corrected chi connectivity index (χ3v) is 1.04. The fraction of sp³-hybridized carbons (Fsp3) is 0.750. The van der Waals surface area contributed by atoms with Crippen LogP contribution in [0.3, 0.4) is 0 Å². The van der Waals surface area contributed by atoms with Crippen LogP contribution in [0.15, 0.2) is 0 Å². The van der Waals surface area contributed by atoms with Crippen LogP contribution in [0.25, 0.3) is 0 Å². The van der Waals surface area contributed by atoms with Crippen molar-refractivity contribution < 1.29 is 40.2 Å². The lowest BCUT2D eigenvalue weighted by molar-refractivity contribution is -0.534. The van der Waals surface area contributed by atoms with Crippen molar-refractivity contribution in [1.82, 2.24) is 0 Å². The van der Waals surface area contributed by atoms with Gasteiger partial charge in [0, 0.05) is 0 Å². The first-order chi connectivity index (χ1) is 5.58. The van der Waals surface area contributed by atoms with E-state index >= 15 is 0 Å². The molecule has 0 aliphatic carbocycles. The zero-order valence-electron chi connectivity index (χ0n) is 5.46. The molecule has 0 aromatic rings. The normalized spacial score (nSPS) is 31.6. The van der Waals surface area contributed by atoms with Gasteiger partial charge in [-0.15, -0.1) is 0 Å². The number of rotatable bonds is 0. The maximum absolute atomic E-state index is 11.9. The Morgan fingerprint density at radius 2 is 1.31 bits per heavy atom. The van der Waals surface area contributed by atoms with Crippen LogP contribution in [-0.2, 0) is 9.47 Å². The van der Waals surface area contributed by atoms with E-state index in [1.54, 1.807) is 0 Å². The van der Waals surface area contributed by atoms with E-state index in [0.717, 1.165) is 0 Å². The topological polar surface area (TPSA) is 18.5 Å². The van der Waals surface area contributed by atoms with Gasteiger partial charge in [-0.2, -0.15) is 30.7 Å². The van der Waals surface area contributed by atoms with Crippen molar-refractivity contribution in [2.75, 3.05) is 0 Å². The maximum atomic E-state index is 11.9. The predicted octanol–water partition coefficient (Wildman–Crippen LogP) is 2.27. The molecular formula is C4F7O2. The van der Waals surface area contributed by atoms with Crippen LogP contribution in [0.1, 0.15) is 0 Å². The van der Waals surface area contributed by atoms with E-state index in [1.807, 2.05) is 0 Å². The Morgan fingerprint density at radius 3 is 1.69 bits per heavy atom. The van der Waals surface area contributed by atoms with Crippen LogP contribution >= 0.6 is 0 Å². The van der Waals surface area contributed by atoms with Crippen molar-refractivity contribution >= 4 is 0 Å². The van der Waals surface area contributed by atoms with Crippen LogP contribution in [0, 0.1) is 6.36 Å². The summed E-state index contributed by atoms with van der Waals surface area (Å²) in [6.45, 7) is 0. The lowest BCUT2D eigenvalue weighted by Gasteiger charge is -2.35. The van der Waals surface area contributed by atoms with Crippen molar-refractivity contribution in [3.63, 3.8) is 0 Å². The van der Waals surface area contributed by atoms with E-state index in [-0.39, 0.29) is 0 Å². The van der Waals surface area contributed by atoms with Crippen LogP contribution in [-0.4, -0.2) is 18.3 Å². The second-order valence-electron chi connectivity index (χ2n) is 2.03. The first-order valence-electron chi connectivity index (χ1n) is 2.64. The molecule has 0 amide bonds. The Bertz CT molecular complexity index is 215. The van der Waals surface area contributed by atoms with Gasteiger partial charge in [-0.3, -0.25) is 4.74 Å². The van der Waals surface area contributed by atoms with E-state index < -0.39 is 24.7 Å². The Balaban J connectivity index is 2.93. The van der Waals surface area contributed by atoms with Gasteiger partial charge in [0.15, 0.2) is 0 Å². The minimum absolute atomic E-state index is 2.23. The van der Waals surface area contributed by atoms with Gasteiger partial charge >= 0.3 is 24.7 Å². The van der Waals surface area contributed by atoms with Crippen LogP contribution < -0.4 is 0 Å². The minimum atomic E-state index is -5.58. The standard InChI is InChI=1S/C4F7O2/c5-1-2(6,7)13-4(10,11)3(8,9)12-1. The fourth-order valence-electron chi connectivity index (χ4n) is 0.492. The summed E-state index contributed by atoms with van der Waals surface area (Å²) in [4.78, 5) is 0. The highest BCUT2D eigenvalue weighted by Gasteiger charge is 2.73. The molecule has 1 heterocycles. The van der Waals surface area contributed by atoms with Gasteiger partial charge in [-0.1, -0.05) is 0 Å². The van der Waals surface area contributed by atoms with E-state index in [4.69, 9.17) is 0 Å². The number of alkyl halides is 6. The van der Waals surface area contributed by atoms with Crippen molar-refractivity contribution in [2.24, 2.45) is 0 Å². The molecule has 0 aromatic heterocycles. The average molecular weight is 213 g/mol. The molecular weight excluding hydrogens is 213 g/mol. The Kier molecular flexibility index (Phi) is 2.00. The summed E-state index contributed by atoms with van der Waals surface area (Å²) in [6, 6.07) is 0. The summed E-state index contributed by atoms with van der Waals surface area (Å²) < 4.78 is 87.7. The highest BCUT2D eigenvalue weighted by Crippen LogP contribution is 2.50. The molecule has 1 radical (unpaired) electrons. The maximum Gasteiger partial charge on any atom is 0.453 e. The smallest absolute Gasteiger partial charge is 0.263 e. The molecule has 1 aliphatic rings.